The van der Waals surface area contributed by atoms with Crippen molar-refractivity contribution in [3.63, 3.8) is 0 Å². The molecule has 2 atom stereocenters. The van der Waals surface area contributed by atoms with Crippen molar-refractivity contribution in [1.82, 2.24) is 4.98 Å². The largest absolute Gasteiger partial charge is 0.294 e. The molecule has 3 nitrogen and oxygen atoms in total. The average molecular weight is 299 g/mol. The fraction of sp³-hybridized carbons (Fsp3) is 0.412. The first kappa shape index (κ1) is 13.1. The number of hydrogen-bond donors (Lipinski definition) is 0. The highest BCUT2D eigenvalue weighted by molar-refractivity contribution is 7.86. The van der Waals surface area contributed by atoms with Crippen molar-refractivity contribution in [2.75, 3.05) is 0 Å². The minimum atomic E-state index is -0.697. The number of carbonyl (C=O) groups is 1. The SMILES string of the molecule is O=C(c1ccc2ncccc2c1)C1CC2CCC(C1)S2=O. The molecule has 0 spiro atoms. The molecule has 21 heavy (non-hydrogen) atoms. The summed E-state index contributed by atoms with van der Waals surface area (Å²) in [6.45, 7) is 0. The lowest BCUT2D eigenvalue weighted by Gasteiger charge is -2.26. The first-order valence-electron chi connectivity index (χ1n) is 7.51. The molecule has 2 unspecified atom stereocenters. The molecule has 2 bridgehead atoms. The van der Waals surface area contributed by atoms with Crippen LogP contribution in [0.5, 0.6) is 0 Å². The van der Waals surface area contributed by atoms with Crippen LogP contribution in [0.25, 0.3) is 10.9 Å². The second-order valence-corrected chi connectivity index (χ2v) is 8.08. The third kappa shape index (κ3) is 2.22. The molecule has 2 fully saturated rings. The molecule has 2 aliphatic rings. The zero-order valence-electron chi connectivity index (χ0n) is 11.7. The molecule has 2 aliphatic heterocycles. The van der Waals surface area contributed by atoms with Gasteiger partial charge in [-0.25, -0.2) is 0 Å². The van der Waals surface area contributed by atoms with Crippen LogP contribution in [0.15, 0.2) is 36.5 Å². The molecule has 0 radical (unpaired) electrons. The van der Waals surface area contributed by atoms with E-state index in [0.717, 1.165) is 42.1 Å². The van der Waals surface area contributed by atoms with Gasteiger partial charge in [0.25, 0.3) is 0 Å². The summed E-state index contributed by atoms with van der Waals surface area (Å²) in [5, 5.41) is 1.50. The quantitative estimate of drug-likeness (QED) is 0.801. The Kier molecular flexibility index (Phi) is 3.14. The van der Waals surface area contributed by atoms with E-state index in [1.54, 1.807) is 6.20 Å². The van der Waals surface area contributed by atoms with E-state index in [4.69, 9.17) is 0 Å². The van der Waals surface area contributed by atoms with Crippen molar-refractivity contribution >= 4 is 27.5 Å². The first-order chi connectivity index (χ1) is 10.2. The average Bonchev–Trinajstić information content (AvgIpc) is 2.75. The predicted octanol–water partition coefficient (Wildman–Crippen LogP) is 3.11. The van der Waals surface area contributed by atoms with Crippen molar-refractivity contribution in [1.29, 1.82) is 0 Å². The molecule has 0 aliphatic carbocycles. The second kappa shape index (κ2) is 5.02. The summed E-state index contributed by atoms with van der Waals surface area (Å²) in [5.41, 5.74) is 1.69. The minimum Gasteiger partial charge on any atom is -0.294 e. The molecule has 2 saturated heterocycles. The van der Waals surface area contributed by atoms with E-state index in [1.165, 1.54) is 0 Å². The Labute approximate surface area is 126 Å². The van der Waals surface area contributed by atoms with E-state index in [1.807, 2.05) is 30.3 Å². The van der Waals surface area contributed by atoms with E-state index in [9.17, 15) is 9.00 Å². The number of benzene rings is 1. The standard InChI is InChI=1S/C17H17NO2S/c19-17(13-9-14-4-5-15(10-13)21(14)20)12-3-6-16-11(8-12)2-1-7-18-16/h1-3,6-8,13-15H,4-5,9-10H2. The van der Waals surface area contributed by atoms with Crippen molar-refractivity contribution in [3.05, 3.63) is 42.1 Å². The minimum absolute atomic E-state index is 0.0503. The zero-order chi connectivity index (χ0) is 14.4. The number of rotatable bonds is 2. The Morgan fingerprint density at radius 1 is 1.14 bits per heavy atom. The monoisotopic (exact) mass is 299 g/mol. The summed E-state index contributed by atoms with van der Waals surface area (Å²) in [5.74, 6) is 0.267. The predicted molar refractivity (Wildman–Crippen MR) is 83.7 cm³/mol. The lowest BCUT2D eigenvalue weighted by molar-refractivity contribution is 0.0906. The highest BCUT2D eigenvalue weighted by Gasteiger charge is 2.42. The van der Waals surface area contributed by atoms with Crippen LogP contribution in [0, 0.1) is 5.92 Å². The van der Waals surface area contributed by atoms with Gasteiger partial charge >= 0.3 is 0 Å². The maximum Gasteiger partial charge on any atom is 0.166 e. The molecule has 0 N–H and O–H groups in total. The molecule has 4 rings (SSSR count). The second-order valence-electron chi connectivity index (χ2n) is 6.09. The van der Waals surface area contributed by atoms with Gasteiger partial charge in [-0.1, -0.05) is 6.07 Å². The van der Waals surface area contributed by atoms with Crippen LogP contribution in [0.2, 0.25) is 0 Å². The lowest BCUT2D eigenvalue weighted by atomic mass is 9.90. The third-order valence-electron chi connectivity index (χ3n) is 4.82. The first-order valence-corrected chi connectivity index (χ1v) is 8.78. The van der Waals surface area contributed by atoms with Gasteiger partial charge in [0.05, 0.1) is 5.52 Å². The Bertz CT molecular complexity index is 726. The van der Waals surface area contributed by atoms with Gasteiger partial charge in [-0.3, -0.25) is 14.0 Å². The molecule has 1 aromatic heterocycles. The number of nitrogens with zero attached hydrogens (tertiary/aromatic N) is 1. The van der Waals surface area contributed by atoms with Gasteiger partial charge in [-0.15, -0.1) is 0 Å². The molecular formula is C17H17NO2S. The molecule has 1 aromatic carbocycles. The van der Waals surface area contributed by atoms with Gasteiger partial charge in [0.1, 0.15) is 0 Å². The van der Waals surface area contributed by atoms with Crippen molar-refractivity contribution in [3.8, 4) is 0 Å². The van der Waals surface area contributed by atoms with Crippen LogP contribution < -0.4 is 0 Å². The molecule has 2 aromatic rings. The highest BCUT2D eigenvalue weighted by Crippen LogP contribution is 2.39. The summed E-state index contributed by atoms with van der Waals surface area (Å²) in [7, 11) is -0.697. The number of Topliss-reactive ketones (excluding diaryl/α,β-unsaturated/α-hetero) is 1. The number of carbonyl (C=O) groups excluding carboxylic acids is 1. The van der Waals surface area contributed by atoms with E-state index >= 15 is 0 Å². The number of hydrogen-bond acceptors (Lipinski definition) is 3. The van der Waals surface area contributed by atoms with E-state index < -0.39 is 10.8 Å². The maximum absolute atomic E-state index is 12.7. The molecule has 108 valence electrons. The van der Waals surface area contributed by atoms with E-state index in [-0.39, 0.29) is 22.2 Å². The van der Waals surface area contributed by atoms with Crippen molar-refractivity contribution < 1.29 is 9.00 Å². The van der Waals surface area contributed by atoms with Gasteiger partial charge in [0.2, 0.25) is 0 Å². The number of pyridine rings is 1. The Balaban J connectivity index is 1.63. The highest BCUT2D eigenvalue weighted by atomic mass is 32.2. The van der Waals surface area contributed by atoms with Crippen molar-refractivity contribution in [2.45, 2.75) is 36.2 Å². The number of fused-ring (bicyclic) bond motifs is 3. The summed E-state index contributed by atoms with van der Waals surface area (Å²) >= 11 is 0. The molecule has 0 saturated carbocycles. The Hall–Kier alpha value is -1.55. The van der Waals surface area contributed by atoms with Crippen LogP contribution in [-0.4, -0.2) is 25.5 Å². The van der Waals surface area contributed by atoms with Gasteiger partial charge in [-0.2, -0.15) is 0 Å². The van der Waals surface area contributed by atoms with E-state index in [0.29, 0.717) is 0 Å². The summed E-state index contributed by atoms with van der Waals surface area (Å²) in [6.07, 6.45) is 5.42. The van der Waals surface area contributed by atoms with Crippen LogP contribution in [-0.2, 0) is 10.8 Å². The zero-order valence-corrected chi connectivity index (χ0v) is 12.5. The van der Waals surface area contributed by atoms with Crippen LogP contribution in [0.3, 0.4) is 0 Å². The van der Waals surface area contributed by atoms with Crippen LogP contribution in [0.4, 0.5) is 0 Å². The van der Waals surface area contributed by atoms with Gasteiger partial charge in [0, 0.05) is 44.4 Å². The molecular weight excluding hydrogens is 282 g/mol. The molecule has 4 heteroatoms. The smallest absolute Gasteiger partial charge is 0.166 e. The van der Waals surface area contributed by atoms with Gasteiger partial charge in [-0.05, 0) is 49.9 Å². The van der Waals surface area contributed by atoms with Gasteiger partial charge < -0.3 is 0 Å². The molecule has 0 amide bonds. The number of ketones is 1. The fourth-order valence-electron chi connectivity index (χ4n) is 3.71. The number of aromatic nitrogens is 1. The Morgan fingerprint density at radius 3 is 2.67 bits per heavy atom. The summed E-state index contributed by atoms with van der Waals surface area (Å²) in [6, 6.07) is 9.61. The van der Waals surface area contributed by atoms with Crippen LogP contribution >= 0.6 is 0 Å². The van der Waals surface area contributed by atoms with E-state index in [2.05, 4.69) is 4.98 Å². The maximum atomic E-state index is 12.7. The fourth-order valence-corrected chi connectivity index (χ4v) is 5.84. The van der Waals surface area contributed by atoms with Crippen LogP contribution in [0.1, 0.15) is 36.0 Å². The normalized spacial score (nSPS) is 31.4. The summed E-state index contributed by atoms with van der Waals surface area (Å²) in [4.78, 5) is 17.0. The Morgan fingerprint density at radius 2 is 1.90 bits per heavy atom. The van der Waals surface area contributed by atoms with Crippen molar-refractivity contribution in [2.24, 2.45) is 5.92 Å². The third-order valence-corrected chi connectivity index (χ3v) is 6.99. The lowest BCUT2D eigenvalue weighted by Crippen LogP contribution is -2.32. The summed E-state index contributed by atoms with van der Waals surface area (Å²) < 4.78 is 12.1. The molecule has 3 heterocycles. The topological polar surface area (TPSA) is 47.0 Å². The van der Waals surface area contributed by atoms with Gasteiger partial charge in [0.15, 0.2) is 5.78 Å².